The highest BCUT2D eigenvalue weighted by Gasteiger charge is 2.42. The molecule has 2 aliphatic rings. The Kier molecular flexibility index (Phi) is 5.48. The maximum atomic E-state index is 12.1. The Hall–Kier alpha value is -0.570. The van der Waals surface area contributed by atoms with Crippen molar-refractivity contribution >= 4 is 5.91 Å². The number of carbonyl (C=O) groups is 1. The van der Waals surface area contributed by atoms with Gasteiger partial charge in [0, 0.05) is 12.6 Å². The molecule has 0 aromatic rings. The molecule has 0 saturated heterocycles. The van der Waals surface area contributed by atoms with Crippen molar-refractivity contribution in [2.45, 2.75) is 71.9 Å². The molecule has 2 fully saturated rings. The summed E-state index contributed by atoms with van der Waals surface area (Å²) in [4.78, 5) is 12.1. The Morgan fingerprint density at radius 3 is 2.45 bits per heavy atom. The molecule has 0 radical (unpaired) electrons. The molecule has 0 aromatic heterocycles. The van der Waals surface area contributed by atoms with Crippen LogP contribution < -0.4 is 10.6 Å². The van der Waals surface area contributed by atoms with Crippen LogP contribution in [0.2, 0.25) is 0 Å². The Balaban J connectivity index is 1.70. The molecule has 20 heavy (non-hydrogen) atoms. The fraction of sp³-hybridized carbons (Fsp3) is 0.941. The molecular weight excluding hydrogens is 248 g/mol. The summed E-state index contributed by atoms with van der Waals surface area (Å²) in [5, 5.41) is 6.57. The summed E-state index contributed by atoms with van der Waals surface area (Å²) in [6, 6.07) is 0.396. The third-order valence-corrected chi connectivity index (χ3v) is 5.36. The SMILES string of the molecule is CC(C)CCNC(=O)C(C)NC(C)C1CC2CCC1C2. The van der Waals surface area contributed by atoms with E-state index in [1.54, 1.807) is 0 Å². The van der Waals surface area contributed by atoms with Crippen molar-refractivity contribution in [3.63, 3.8) is 0 Å². The lowest BCUT2D eigenvalue weighted by atomic mass is 9.84. The number of carbonyl (C=O) groups excluding carboxylic acids is 1. The van der Waals surface area contributed by atoms with Crippen molar-refractivity contribution in [2.75, 3.05) is 6.54 Å². The molecule has 1 amide bonds. The van der Waals surface area contributed by atoms with E-state index in [1.165, 1.54) is 25.7 Å². The second kappa shape index (κ2) is 6.93. The Bertz CT molecular complexity index is 329. The maximum Gasteiger partial charge on any atom is 0.236 e. The Labute approximate surface area is 124 Å². The van der Waals surface area contributed by atoms with Crippen LogP contribution in [0.25, 0.3) is 0 Å². The summed E-state index contributed by atoms with van der Waals surface area (Å²) in [6.07, 6.45) is 6.72. The summed E-state index contributed by atoms with van der Waals surface area (Å²) < 4.78 is 0. The topological polar surface area (TPSA) is 41.1 Å². The molecule has 5 atom stereocenters. The fourth-order valence-electron chi connectivity index (χ4n) is 4.14. The number of rotatable bonds is 7. The summed E-state index contributed by atoms with van der Waals surface area (Å²) in [7, 11) is 0. The molecule has 116 valence electrons. The predicted octanol–water partition coefficient (Wildman–Crippen LogP) is 2.95. The third kappa shape index (κ3) is 3.97. The molecule has 0 heterocycles. The van der Waals surface area contributed by atoms with Gasteiger partial charge < -0.3 is 10.6 Å². The fourth-order valence-corrected chi connectivity index (χ4v) is 4.14. The maximum absolute atomic E-state index is 12.1. The van der Waals surface area contributed by atoms with Gasteiger partial charge in [0.1, 0.15) is 0 Å². The predicted molar refractivity (Wildman–Crippen MR) is 83.5 cm³/mol. The molecule has 0 aromatic carbocycles. The van der Waals surface area contributed by atoms with Crippen molar-refractivity contribution < 1.29 is 4.79 Å². The third-order valence-electron chi connectivity index (χ3n) is 5.36. The molecule has 2 N–H and O–H groups in total. The standard InChI is InChI=1S/C17H32N2O/c1-11(2)7-8-18-17(20)13(4)19-12(3)16-10-14-5-6-15(16)9-14/h11-16,19H,5-10H2,1-4H3,(H,18,20). The van der Waals surface area contributed by atoms with Gasteiger partial charge in [-0.3, -0.25) is 4.79 Å². The first-order valence-corrected chi connectivity index (χ1v) is 8.51. The first kappa shape index (κ1) is 15.8. The van der Waals surface area contributed by atoms with Crippen molar-refractivity contribution in [2.24, 2.45) is 23.7 Å². The molecule has 2 rings (SSSR count). The van der Waals surface area contributed by atoms with E-state index in [1.807, 2.05) is 6.92 Å². The molecular formula is C17H32N2O. The molecule has 3 heteroatoms. The van der Waals surface area contributed by atoms with Gasteiger partial charge >= 0.3 is 0 Å². The minimum Gasteiger partial charge on any atom is -0.355 e. The van der Waals surface area contributed by atoms with Crippen molar-refractivity contribution in [1.29, 1.82) is 0 Å². The summed E-state index contributed by atoms with van der Waals surface area (Å²) >= 11 is 0. The zero-order chi connectivity index (χ0) is 14.7. The van der Waals surface area contributed by atoms with E-state index >= 15 is 0 Å². The average molecular weight is 280 g/mol. The number of hydrogen-bond acceptors (Lipinski definition) is 2. The van der Waals surface area contributed by atoms with E-state index in [2.05, 4.69) is 31.4 Å². The average Bonchev–Trinajstić information content (AvgIpc) is 3.00. The number of nitrogens with one attached hydrogen (secondary N) is 2. The number of hydrogen-bond donors (Lipinski definition) is 2. The minimum atomic E-state index is -0.0729. The van der Waals surface area contributed by atoms with E-state index in [9.17, 15) is 4.79 Å². The highest BCUT2D eigenvalue weighted by Crippen LogP contribution is 2.49. The summed E-state index contributed by atoms with van der Waals surface area (Å²) in [5.74, 6) is 3.48. The second-order valence-corrected chi connectivity index (χ2v) is 7.49. The lowest BCUT2D eigenvalue weighted by molar-refractivity contribution is -0.123. The molecule has 0 aliphatic heterocycles. The molecule has 2 bridgehead atoms. The number of amides is 1. The van der Waals surface area contributed by atoms with Gasteiger partial charge in [-0.25, -0.2) is 0 Å². The molecule has 0 spiro atoms. The smallest absolute Gasteiger partial charge is 0.236 e. The van der Waals surface area contributed by atoms with Gasteiger partial charge in [-0.15, -0.1) is 0 Å². The van der Waals surface area contributed by atoms with E-state index in [-0.39, 0.29) is 11.9 Å². The van der Waals surface area contributed by atoms with Crippen molar-refractivity contribution in [3.8, 4) is 0 Å². The van der Waals surface area contributed by atoms with Gasteiger partial charge in [-0.2, -0.15) is 0 Å². The summed E-state index contributed by atoms with van der Waals surface area (Å²) in [6.45, 7) is 9.43. The van der Waals surface area contributed by atoms with Crippen LogP contribution in [0, 0.1) is 23.7 Å². The second-order valence-electron chi connectivity index (χ2n) is 7.49. The van der Waals surface area contributed by atoms with Crippen LogP contribution in [0.5, 0.6) is 0 Å². The Morgan fingerprint density at radius 2 is 1.90 bits per heavy atom. The normalized spacial score (nSPS) is 31.6. The van der Waals surface area contributed by atoms with E-state index < -0.39 is 0 Å². The zero-order valence-corrected chi connectivity index (χ0v) is 13.6. The lowest BCUT2D eigenvalue weighted by Crippen LogP contribution is -2.49. The highest BCUT2D eigenvalue weighted by atomic mass is 16.2. The van der Waals surface area contributed by atoms with Crippen LogP contribution in [0.15, 0.2) is 0 Å². The van der Waals surface area contributed by atoms with Gasteiger partial charge in [0.2, 0.25) is 5.91 Å². The van der Waals surface area contributed by atoms with E-state index in [4.69, 9.17) is 0 Å². The van der Waals surface area contributed by atoms with Crippen molar-refractivity contribution in [3.05, 3.63) is 0 Å². The lowest BCUT2D eigenvalue weighted by Gasteiger charge is -2.30. The van der Waals surface area contributed by atoms with Crippen LogP contribution in [0.3, 0.4) is 0 Å². The first-order valence-electron chi connectivity index (χ1n) is 8.51. The monoisotopic (exact) mass is 280 g/mol. The van der Waals surface area contributed by atoms with Gasteiger partial charge in [-0.05, 0) is 63.2 Å². The van der Waals surface area contributed by atoms with E-state index in [0.717, 1.165) is 30.7 Å². The first-order chi connectivity index (χ1) is 9.47. The van der Waals surface area contributed by atoms with Gasteiger partial charge in [0.15, 0.2) is 0 Å². The van der Waals surface area contributed by atoms with Crippen LogP contribution in [-0.2, 0) is 4.79 Å². The zero-order valence-electron chi connectivity index (χ0n) is 13.6. The van der Waals surface area contributed by atoms with Gasteiger partial charge in [-0.1, -0.05) is 20.3 Å². The summed E-state index contributed by atoms with van der Waals surface area (Å²) in [5.41, 5.74) is 0. The molecule has 3 nitrogen and oxygen atoms in total. The Morgan fingerprint density at radius 1 is 1.15 bits per heavy atom. The molecule has 5 unspecified atom stereocenters. The van der Waals surface area contributed by atoms with Crippen LogP contribution in [-0.4, -0.2) is 24.5 Å². The van der Waals surface area contributed by atoms with Crippen LogP contribution in [0.1, 0.15) is 59.8 Å². The van der Waals surface area contributed by atoms with E-state index in [0.29, 0.717) is 12.0 Å². The van der Waals surface area contributed by atoms with Crippen molar-refractivity contribution in [1.82, 2.24) is 10.6 Å². The van der Waals surface area contributed by atoms with Gasteiger partial charge in [0.05, 0.1) is 6.04 Å². The van der Waals surface area contributed by atoms with Crippen LogP contribution in [0.4, 0.5) is 0 Å². The van der Waals surface area contributed by atoms with Crippen LogP contribution >= 0.6 is 0 Å². The molecule has 2 saturated carbocycles. The van der Waals surface area contributed by atoms with Gasteiger partial charge in [0.25, 0.3) is 0 Å². The highest BCUT2D eigenvalue weighted by molar-refractivity contribution is 5.81. The largest absolute Gasteiger partial charge is 0.355 e. The quantitative estimate of drug-likeness (QED) is 0.753. The minimum absolute atomic E-state index is 0.0729. The number of fused-ring (bicyclic) bond motifs is 2. The molecule has 2 aliphatic carbocycles.